The molecule has 0 amide bonds. The van der Waals surface area contributed by atoms with Crippen LogP contribution in [0.3, 0.4) is 0 Å². The van der Waals surface area contributed by atoms with Crippen molar-refractivity contribution in [1.82, 2.24) is 0 Å². The van der Waals surface area contributed by atoms with E-state index in [1.165, 1.54) is 0 Å². The van der Waals surface area contributed by atoms with Crippen LogP contribution in [0.2, 0.25) is 0 Å². The number of hydrogen-bond acceptors (Lipinski definition) is 3. The molecule has 0 aromatic heterocycles. The molecule has 0 fully saturated rings. The molecule has 0 aromatic rings. The average Bonchev–Trinajstić information content (AvgIpc) is 2.06. The molecule has 0 aliphatic rings. The van der Waals surface area contributed by atoms with E-state index in [0.29, 0.717) is 10.7 Å². The molecule has 0 aliphatic carbocycles. The van der Waals surface area contributed by atoms with Crippen molar-refractivity contribution in [3.05, 3.63) is 0 Å². The standard InChI is InChI=1S/C6H4Br2O3P/c7-3-1-5-10-12(9)11-6-2-4-8/h3-4H2/q+1. The highest BCUT2D eigenvalue weighted by Crippen LogP contribution is 2.21. The molecule has 12 heavy (non-hydrogen) atoms. The zero-order chi connectivity index (χ0) is 9.23. The SMILES string of the molecule is O=[P+](OC#CCBr)OC#CCBr. The first-order valence-electron chi connectivity index (χ1n) is 2.70. The van der Waals surface area contributed by atoms with E-state index in [1.54, 1.807) is 0 Å². The highest BCUT2D eigenvalue weighted by atomic mass is 79.9. The number of alkyl halides is 2. The normalized spacial score (nSPS) is 6.83. The molecular formula is C6H4Br2O3P+. The van der Waals surface area contributed by atoms with E-state index in [9.17, 15) is 4.57 Å². The van der Waals surface area contributed by atoms with E-state index >= 15 is 0 Å². The van der Waals surface area contributed by atoms with Gasteiger partial charge in [-0.15, -0.1) is 0 Å². The summed E-state index contributed by atoms with van der Waals surface area (Å²) in [7, 11) is -2.24. The molecule has 0 saturated carbocycles. The molecule has 0 N–H and O–H groups in total. The fourth-order valence-corrected chi connectivity index (χ4v) is 0.757. The van der Waals surface area contributed by atoms with Crippen LogP contribution >= 0.6 is 40.1 Å². The van der Waals surface area contributed by atoms with Crippen LogP contribution in [0.4, 0.5) is 0 Å². The van der Waals surface area contributed by atoms with Crippen LogP contribution in [0, 0.1) is 24.1 Å². The van der Waals surface area contributed by atoms with Crippen LogP contribution < -0.4 is 0 Å². The van der Waals surface area contributed by atoms with Crippen LogP contribution in [0.5, 0.6) is 0 Å². The summed E-state index contributed by atoms with van der Waals surface area (Å²) in [5.74, 6) is 4.99. The lowest BCUT2D eigenvalue weighted by atomic mass is 10.8. The van der Waals surface area contributed by atoms with Gasteiger partial charge in [-0.2, -0.15) is 9.05 Å². The maximum Gasteiger partial charge on any atom is 0.823 e. The summed E-state index contributed by atoms with van der Waals surface area (Å²) in [5.41, 5.74) is 0. The summed E-state index contributed by atoms with van der Waals surface area (Å²) in [6.07, 6.45) is 4.35. The van der Waals surface area contributed by atoms with Crippen LogP contribution in [0.1, 0.15) is 0 Å². The predicted molar refractivity (Wildman–Crippen MR) is 52.9 cm³/mol. The minimum Gasteiger partial charge on any atom is -0.165 e. The Morgan fingerprint density at radius 2 is 1.50 bits per heavy atom. The fourth-order valence-electron chi connectivity index (χ4n) is 0.212. The van der Waals surface area contributed by atoms with Gasteiger partial charge >= 0.3 is 8.25 Å². The summed E-state index contributed by atoms with van der Waals surface area (Å²) in [6.45, 7) is 0. The topological polar surface area (TPSA) is 35.5 Å². The van der Waals surface area contributed by atoms with Gasteiger partial charge in [0.15, 0.2) is 12.2 Å². The second-order valence-electron chi connectivity index (χ2n) is 1.23. The molecule has 0 spiro atoms. The van der Waals surface area contributed by atoms with E-state index in [1.807, 2.05) is 0 Å². The fraction of sp³-hybridized carbons (Fsp3) is 0.333. The quantitative estimate of drug-likeness (QED) is 0.446. The Bertz CT molecular complexity index is 231. The Hall–Kier alpha value is -0.220. The van der Waals surface area contributed by atoms with Crippen molar-refractivity contribution >= 4 is 40.1 Å². The molecule has 0 aromatic carbocycles. The monoisotopic (exact) mass is 313 g/mol. The van der Waals surface area contributed by atoms with Gasteiger partial charge < -0.3 is 0 Å². The summed E-state index contributed by atoms with van der Waals surface area (Å²) in [5, 5.41) is 0.923. The minimum absolute atomic E-state index is 0.462. The third-order valence-corrected chi connectivity index (χ3v) is 1.56. The molecule has 0 unspecified atom stereocenters. The summed E-state index contributed by atoms with van der Waals surface area (Å²) in [4.78, 5) is 0. The summed E-state index contributed by atoms with van der Waals surface area (Å²) in [6, 6.07) is 0. The Kier molecular flexibility index (Phi) is 8.71. The van der Waals surface area contributed by atoms with Crippen molar-refractivity contribution in [3.8, 4) is 24.1 Å². The minimum atomic E-state index is -2.24. The molecule has 0 bridgehead atoms. The van der Waals surface area contributed by atoms with Crippen LogP contribution in [0.15, 0.2) is 0 Å². The molecule has 3 nitrogen and oxygen atoms in total. The first-order valence-corrected chi connectivity index (χ1v) is 6.04. The van der Waals surface area contributed by atoms with Gasteiger partial charge in [0.25, 0.3) is 0 Å². The van der Waals surface area contributed by atoms with E-state index < -0.39 is 8.25 Å². The van der Waals surface area contributed by atoms with Gasteiger partial charge in [-0.1, -0.05) is 31.9 Å². The molecule has 0 radical (unpaired) electrons. The molecule has 64 valence electrons. The van der Waals surface area contributed by atoms with E-state index in [2.05, 4.69) is 65.0 Å². The van der Waals surface area contributed by atoms with Crippen molar-refractivity contribution in [2.24, 2.45) is 0 Å². The van der Waals surface area contributed by atoms with Crippen LogP contribution in [-0.2, 0) is 13.6 Å². The second kappa shape index (κ2) is 8.87. The van der Waals surface area contributed by atoms with Gasteiger partial charge in [0.1, 0.15) is 0 Å². The molecule has 0 rings (SSSR count). The van der Waals surface area contributed by atoms with E-state index in [4.69, 9.17) is 0 Å². The zero-order valence-electron chi connectivity index (χ0n) is 5.84. The molecule has 0 aliphatic heterocycles. The lowest BCUT2D eigenvalue weighted by molar-refractivity contribution is 0.383. The van der Waals surface area contributed by atoms with Crippen LogP contribution in [-0.4, -0.2) is 10.7 Å². The van der Waals surface area contributed by atoms with Crippen molar-refractivity contribution < 1.29 is 13.6 Å². The number of rotatable bonds is 2. The van der Waals surface area contributed by atoms with Gasteiger partial charge in [0.2, 0.25) is 0 Å². The van der Waals surface area contributed by atoms with Crippen molar-refractivity contribution in [3.63, 3.8) is 0 Å². The first-order chi connectivity index (χ1) is 5.81. The maximum atomic E-state index is 10.7. The summed E-state index contributed by atoms with van der Waals surface area (Å²) < 4.78 is 19.5. The number of hydrogen-bond donors (Lipinski definition) is 0. The molecule has 6 heteroatoms. The zero-order valence-corrected chi connectivity index (χ0v) is 9.91. The first kappa shape index (κ1) is 11.8. The van der Waals surface area contributed by atoms with Gasteiger partial charge in [-0.3, -0.25) is 0 Å². The lowest BCUT2D eigenvalue weighted by Gasteiger charge is -1.72. The van der Waals surface area contributed by atoms with Gasteiger partial charge in [-0.05, 0) is 11.8 Å². The molecule has 0 saturated heterocycles. The Morgan fingerprint density at radius 3 is 1.83 bits per heavy atom. The van der Waals surface area contributed by atoms with E-state index in [-0.39, 0.29) is 0 Å². The molecule has 0 atom stereocenters. The van der Waals surface area contributed by atoms with Crippen molar-refractivity contribution in [2.45, 2.75) is 0 Å². The molecule has 0 heterocycles. The van der Waals surface area contributed by atoms with E-state index in [0.717, 1.165) is 0 Å². The summed E-state index contributed by atoms with van der Waals surface area (Å²) >= 11 is 6.08. The predicted octanol–water partition coefficient (Wildman–Crippen LogP) is 2.39. The smallest absolute Gasteiger partial charge is 0.165 e. The highest BCUT2D eigenvalue weighted by Gasteiger charge is 2.18. The lowest BCUT2D eigenvalue weighted by Crippen LogP contribution is -1.71. The maximum absolute atomic E-state index is 10.7. The largest absolute Gasteiger partial charge is 0.823 e. The molecular weight excluding hydrogens is 311 g/mol. The average molecular weight is 315 g/mol. The highest BCUT2D eigenvalue weighted by molar-refractivity contribution is 9.09. The van der Waals surface area contributed by atoms with Crippen molar-refractivity contribution in [2.75, 3.05) is 10.7 Å². The van der Waals surface area contributed by atoms with Crippen molar-refractivity contribution in [1.29, 1.82) is 0 Å². The van der Waals surface area contributed by atoms with Gasteiger partial charge in [0, 0.05) is 4.57 Å². The third-order valence-electron chi connectivity index (χ3n) is 0.518. The Morgan fingerprint density at radius 1 is 1.08 bits per heavy atom. The van der Waals surface area contributed by atoms with Gasteiger partial charge in [-0.25, -0.2) is 0 Å². The Labute approximate surface area is 88.4 Å². The van der Waals surface area contributed by atoms with Gasteiger partial charge in [0.05, 0.1) is 10.7 Å². The number of halogens is 2. The third kappa shape index (κ3) is 7.88. The second-order valence-corrected chi connectivity index (χ2v) is 3.16. The Balaban J connectivity index is 3.60. The van der Waals surface area contributed by atoms with Crippen LogP contribution in [0.25, 0.3) is 0 Å².